The molecule has 1 aromatic heterocycles. The molecule has 0 bridgehead atoms. The molecule has 0 radical (unpaired) electrons. The van der Waals surface area contributed by atoms with Gasteiger partial charge in [-0.25, -0.2) is 9.97 Å². The number of methoxy groups -OCH3 is 2. The van der Waals surface area contributed by atoms with E-state index in [9.17, 15) is 0 Å². The highest BCUT2D eigenvalue weighted by atomic mass is 16.5. The van der Waals surface area contributed by atoms with Gasteiger partial charge in [0.1, 0.15) is 17.3 Å². The van der Waals surface area contributed by atoms with Gasteiger partial charge in [0.15, 0.2) is 0 Å². The van der Waals surface area contributed by atoms with Crippen LogP contribution in [0.5, 0.6) is 11.5 Å². The molecule has 1 aliphatic rings. The monoisotopic (exact) mass is 299 g/mol. The molecule has 0 unspecified atom stereocenters. The largest absolute Gasteiger partial charge is 0.497 e. The Kier molecular flexibility index (Phi) is 4.53. The first-order valence-electron chi connectivity index (χ1n) is 7.53. The van der Waals surface area contributed by atoms with E-state index in [1.54, 1.807) is 26.6 Å². The molecule has 5 heteroatoms. The molecule has 1 fully saturated rings. The molecule has 5 nitrogen and oxygen atoms in total. The van der Waals surface area contributed by atoms with E-state index in [-0.39, 0.29) is 0 Å². The summed E-state index contributed by atoms with van der Waals surface area (Å²) in [7, 11) is 3.40. The maximum atomic E-state index is 5.54. The molecule has 0 amide bonds. The zero-order valence-corrected chi connectivity index (χ0v) is 13.0. The fraction of sp³-hybridized carbons (Fsp3) is 0.412. The predicted molar refractivity (Wildman–Crippen MR) is 84.0 cm³/mol. The van der Waals surface area contributed by atoms with Crippen LogP contribution >= 0.6 is 0 Å². The molecule has 0 aliphatic carbocycles. The van der Waals surface area contributed by atoms with E-state index in [0.717, 1.165) is 43.3 Å². The quantitative estimate of drug-likeness (QED) is 0.849. The van der Waals surface area contributed by atoms with E-state index in [0.29, 0.717) is 6.04 Å². The van der Waals surface area contributed by atoms with Crippen molar-refractivity contribution in [1.82, 2.24) is 14.9 Å². The zero-order chi connectivity index (χ0) is 15.4. The Morgan fingerprint density at radius 2 is 2.00 bits per heavy atom. The van der Waals surface area contributed by atoms with Gasteiger partial charge in [0.05, 0.1) is 20.8 Å². The molecule has 2 heterocycles. The molecule has 1 saturated heterocycles. The van der Waals surface area contributed by atoms with Gasteiger partial charge in [-0.1, -0.05) is 0 Å². The second-order valence-corrected chi connectivity index (χ2v) is 5.40. The third-order valence-electron chi connectivity index (χ3n) is 4.12. The Balaban J connectivity index is 1.86. The molecular formula is C17H21N3O2. The van der Waals surface area contributed by atoms with Gasteiger partial charge < -0.3 is 9.47 Å². The van der Waals surface area contributed by atoms with Gasteiger partial charge in [0.25, 0.3) is 0 Å². The van der Waals surface area contributed by atoms with E-state index < -0.39 is 0 Å². The Labute approximate surface area is 130 Å². The summed E-state index contributed by atoms with van der Waals surface area (Å²) in [5.74, 6) is 2.63. The Morgan fingerprint density at radius 1 is 1.18 bits per heavy atom. The van der Waals surface area contributed by atoms with Gasteiger partial charge in [-0.05, 0) is 43.7 Å². The van der Waals surface area contributed by atoms with E-state index in [1.165, 1.54) is 5.56 Å². The number of ether oxygens (including phenoxy) is 2. The van der Waals surface area contributed by atoms with Gasteiger partial charge in [0.2, 0.25) is 0 Å². The summed E-state index contributed by atoms with van der Waals surface area (Å²) in [6.07, 6.45) is 5.85. The number of nitrogens with zero attached hydrogens (tertiary/aromatic N) is 3. The summed E-state index contributed by atoms with van der Waals surface area (Å²) in [6, 6.07) is 8.14. The van der Waals surface area contributed by atoms with Crippen LogP contribution < -0.4 is 9.47 Å². The number of hydrogen-bond acceptors (Lipinski definition) is 5. The average molecular weight is 299 g/mol. The third-order valence-corrected chi connectivity index (χ3v) is 4.12. The van der Waals surface area contributed by atoms with Crippen molar-refractivity contribution in [3.63, 3.8) is 0 Å². The molecule has 0 spiro atoms. The minimum atomic E-state index is 0.314. The molecule has 2 aromatic rings. The van der Waals surface area contributed by atoms with Gasteiger partial charge in [0, 0.05) is 24.0 Å². The van der Waals surface area contributed by atoms with Crippen molar-refractivity contribution < 1.29 is 9.47 Å². The smallest absolute Gasteiger partial charge is 0.142 e. The van der Waals surface area contributed by atoms with Crippen LogP contribution in [-0.4, -0.2) is 35.6 Å². The van der Waals surface area contributed by atoms with Crippen LogP contribution in [0.4, 0.5) is 0 Å². The topological polar surface area (TPSA) is 47.5 Å². The predicted octanol–water partition coefficient (Wildman–Crippen LogP) is 2.83. The van der Waals surface area contributed by atoms with Crippen LogP contribution in [0.1, 0.15) is 30.3 Å². The van der Waals surface area contributed by atoms with Crippen molar-refractivity contribution in [2.24, 2.45) is 0 Å². The van der Waals surface area contributed by atoms with Crippen LogP contribution in [0, 0.1) is 0 Å². The molecule has 0 saturated carbocycles. The minimum Gasteiger partial charge on any atom is -0.497 e. The van der Waals surface area contributed by atoms with Gasteiger partial charge in [-0.2, -0.15) is 0 Å². The number of aromatic nitrogens is 2. The van der Waals surface area contributed by atoms with E-state index in [1.807, 2.05) is 18.2 Å². The first-order chi connectivity index (χ1) is 10.8. The van der Waals surface area contributed by atoms with Crippen LogP contribution in [0.15, 0.2) is 36.7 Å². The maximum absolute atomic E-state index is 5.54. The molecule has 3 rings (SSSR count). The number of likely N-dealkylation sites (tertiary alicyclic amines) is 1. The first-order valence-corrected chi connectivity index (χ1v) is 7.53. The fourth-order valence-electron chi connectivity index (χ4n) is 3.06. The maximum Gasteiger partial charge on any atom is 0.142 e. The zero-order valence-electron chi connectivity index (χ0n) is 13.0. The van der Waals surface area contributed by atoms with Crippen molar-refractivity contribution in [1.29, 1.82) is 0 Å². The van der Waals surface area contributed by atoms with Crippen LogP contribution in [0.2, 0.25) is 0 Å². The van der Waals surface area contributed by atoms with Gasteiger partial charge >= 0.3 is 0 Å². The summed E-state index contributed by atoms with van der Waals surface area (Å²) in [5, 5.41) is 0. The lowest BCUT2D eigenvalue weighted by Gasteiger charge is -2.25. The van der Waals surface area contributed by atoms with E-state index >= 15 is 0 Å². The van der Waals surface area contributed by atoms with E-state index in [4.69, 9.17) is 9.47 Å². The van der Waals surface area contributed by atoms with Crippen molar-refractivity contribution in [3.05, 3.63) is 48.0 Å². The highest BCUT2D eigenvalue weighted by molar-refractivity contribution is 5.42. The first kappa shape index (κ1) is 14.8. The highest BCUT2D eigenvalue weighted by Gasteiger charge is 2.29. The summed E-state index contributed by atoms with van der Waals surface area (Å²) in [6.45, 7) is 1.80. The second kappa shape index (κ2) is 6.75. The van der Waals surface area contributed by atoms with Crippen LogP contribution in [-0.2, 0) is 6.54 Å². The third kappa shape index (κ3) is 3.04. The fourth-order valence-corrected chi connectivity index (χ4v) is 3.06. The summed E-state index contributed by atoms with van der Waals surface area (Å²) in [5.41, 5.74) is 1.18. The molecule has 1 aliphatic heterocycles. The van der Waals surface area contributed by atoms with E-state index in [2.05, 4.69) is 20.9 Å². The second-order valence-electron chi connectivity index (χ2n) is 5.40. The molecule has 1 aromatic carbocycles. The van der Waals surface area contributed by atoms with Gasteiger partial charge in [-0.3, -0.25) is 4.90 Å². The summed E-state index contributed by atoms with van der Waals surface area (Å²) >= 11 is 0. The highest BCUT2D eigenvalue weighted by Crippen LogP contribution is 2.39. The lowest BCUT2D eigenvalue weighted by atomic mass is 10.0. The number of hydrogen-bond donors (Lipinski definition) is 0. The average Bonchev–Trinajstić information content (AvgIpc) is 3.03. The molecule has 1 atom stereocenters. The lowest BCUT2D eigenvalue weighted by Crippen LogP contribution is -2.24. The number of benzene rings is 1. The minimum absolute atomic E-state index is 0.314. The lowest BCUT2D eigenvalue weighted by molar-refractivity contribution is 0.236. The molecule has 0 N–H and O–H groups in total. The van der Waals surface area contributed by atoms with Crippen LogP contribution in [0.3, 0.4) is 0 Å². The Bertz CT molecular complexity index is 619. The SMILES string of the molecule is COc1ccc(OC)c([C@@H]2CCCN2Cc2ncccn2)c1. The normalized spacial score (nSPS) is 18.4. The van der Waals surface area contributed by atoms with Crippen molar-refractivity contribution >= 4 is 0 Å². The van der Waals surface area contributed by atoms with Crippen molar-refractivity contribution in [3.8, 4) is 11.5 Å². The molecular weight excluding hydrogens is 278 g/mol. The standard InChI is InChI=1S/C17H21N3O2/c1-21-13-6-7-16(22-2)14(11-13)15-5-3-10-20(15)12-17-18-8-4-9-19-17/h4,6-9,11,15H,3,5,10,12H2,1-2H3/t15-/m0/s1. The van der Waals surface area contributed by atoms with Gasteiger partial charge in [-0.15, -0.1) is 0 Å². The summed E-state index contributed by atoms with van der Waals surface area (Å²) in [4.78, 5) is 11.1. The van der Waals surface area contributed by atoms with Crippen LogP contribution in [0.25, 0.3) is 0 Å². The Hall–Kier alpha value is -2.14. The van der Waals surface area contributed by atoms with Crippen molar-refractivity contribution in [2.75, 3.05) is 20.8 Å². The molecule has 116 valence electrons. The van der Waals surface area contributed by atoms with Crippen molar-refractivity contribution in [2.45, 2.75) is 25.4 Å². The number of rotatable bonds is 5. The Morgan fingerprint density at radius 3 is 2.73 bits per heavy atom. The molecule has 22 heavy (non-hydrogen) atoms. The summed E-state index contributed by atoms with van der Waals surface area (Å²) < 4.78 is 10.9.